The molecule has 3 nitrogen and oxygen atoms in total. The molecule has 0 bridgehead atoms. The summed E-state index contributed by atoms with van der Waals surface area (Å²) in [5.41, 5.74) is 4.31. The topological polar surface area (TPSA) is 55.5 Å². The van der Waals surface area contributed by atoms with E-state index in [0.29, 0.717) is 6.61 Å². The van der Waals surface area contributed by atoms with E-state index in [4.69, 9.17) is 10.8 Å². The zero-order valence-corrected chi connectivity index (χ0v) is 5.35. The van der Waals surface area contributed by atoms with Crippen molar-refractivity contribution in [2.45, 2.75) is 12.5 Å². The van der Waals surface area contributed by atoms with Crippen LogP contribution in [0.1, 0.15) is 6.92 Å². The number of methoxy groups -OCH3 is 1. The molecule has 0 amide bonds. The monoisotopic (exact) mass is 119 g/mol. The Kier molecular flexibility index (Phi) is 2.97. The van der Waals surface area contributed by atoms with Gasteiger partial charge in [-0.15, -0.1) is 0 Å². The van der Waals surface area contributed by atoms with Gasteiger partial charge < -0.3 is 15.6 Å². The lowest BCUT2D eigenvalue weighted by atomic mass is 10.1. The minimum atomic E-state index is -0.852. The lowest BCUT2D eigenvalue weighted by Gasteiger charge is -2.18. The Balaban J connectivity index is 3.37. The first-order valence-corrected chi connectivity index (χ1v) is 2.54. The summed E-state index contributed by atoms with van der Waals surface area (Å²) in [5.74, 6) is 0. The summed E-state index contributed by atoms with van der Waals surface area (Å²) < 4.78 is 4.67. The maximum absolute atomic E-state index is 9.07. The van der Waals surface area contributed by atoms with Crippen molar-refractivity contribution in [3.05, 3.63) is 0 Å². The standard InChI is InChI=1S/C5H13NO2/c1-5(7,3-6)4-8-2/h7H,3-4,6H2,1-2H3/t5-/m0/s1. The summed E-state index contributed by atoms with van der Waals surface area (Å²) in [6.07, 6.45) is 0. The zero-order valence-electron chi connectivity index (χ0n) is 5.35. The first-order valence-electron chi connectivity index (χ1n) is 2.54. The van der Waals surface area contributed by atoms with Crippen molar-refractivity contribution in [2.75, 3.05) is 20.3 Å². The van der Waals surface area contributed by atoms with Crippen molar-refractivity contribution in [1.29, 1.82) is 0 Å². The molecule has 0 unspecified atom stereocenters. The molecule has 0 saturated heterocycles. The summed E-state index contributed by atoms with van der Waals surface area (Å²) in [7, 11) is 1.53. The van der Waals surface area contributed by atoms with E-state index in [-0.39, 0.29) is 6.54 Å². The van der Waals surface area contributed by atoms with Crippen molar-refractivity contribution in [2.24, 2.45) is 5.73 Å². The van der Waals surface area contributed by atoms with E-state index in [0.717, 1.165) is 0 Å². The maximum atomic E-state index is 9.07. The van der Waals surface area contributed by atoms with E-state index >= 15 is 0 Å². The van der Waals surface area contributed by atoms with Crippen LogP contribution in [0.4, 0.5) is 0 Å². The summed E-state index contributed by atoms with van der Waals surface area (Å²) in [5, 5.41) is 9.07. The average Bonchev–Trinajstić information content (AvgIpc) is 1.67. The second-order valence-corrected chi connectivity index (χ2v) is 2.13. The van der Waals surface area contributed by atoms with E-state index in [1.165, 1.54) is 7.11 Å². The highest BCUT2D eigenvalue weighted by Crippen LogP contribution is 1.98. The van der Waals surface area contributed by atoms with Crippen molar-refractivity contribution < 1.29 is 9.84 Å². The third-order valence-corrected chi connectivity index (χ3v) is 0.895. The molecule has 0 aliphatic rings. The largest absolute Gasteiger partial charge is 0.386 e. The summed E-state index contributed by atoms with van der Waals surface area (Å²) >= 11 is 0. The van der Waals surface area contributed by atoms with Crippen molar-refractivity contribution in [1.82, 2.24) is 0 Å². The van der Waals surface area contributed by atoms with Crippen LogP contribution >= 0.6 is 0 Å². The molecule has 0 aromatic heterocycles. The molecule has 8 heavy (non-hydrogen) atoms. The Morgan fingerprint density at radius 1 is 1.75 bits per heavy atom. The van der Waals surface area contributed by atoms with E-state index in [2.05, 4.69) is 4.74 Å². The van der Waals surface area contributed by atoms with Crippen LogP contribution in [0.3, 0.4) is 0 Å². The molecule has 0 spiro atoms. The van der Waals surface area contributed by atoms with Crippen molar-refractivity contribution in [3.8, 4) is 0 Å². The minimum absolute atomic E-state index is 0.237. The molecule has 0 aliphatic heterocycles. The molecule has 1 atom stereocenters. The number of hydrogen-bond donors (Lipinski definition) is 2. The highest BCUT2D eigenvalue weighted by atomic mass is 16.5. The van der Waals surface area contributed by atoms with E-state index in [1.54, 1.807) is 6.92 Å². The number of ether oxygens (including phenoxy) is 1. The molecule has 0 radical (unpaired) electrons. The fourth-order valence-corrected chi connectivity index (χ4v) is 0.370. The van der Waals surface area contributed by atoms with Crippen molar-refractivity contribution in [3.63, 3.8) is 0 Å². The molecule has 3 heteroatoms. The Morgan fingerprint density at radius 3 is 2.38 bits per heavy atom. The summed E-state index contributed by atoms with van der Waals surface area (Å²) in [6.45, 7) is 2.17. The Morgan fingerprint density at radius 2 is 2.25 bits per heavy atom. The Labute approximate surface area is 49.4 Å². The minimum Gasteiger partial charge on any atom is -0.386 e. The Hall–Kier alpha value is -0.120. The molecular formula is C5H13NO2. The van der Waals surface area contributed by atoms with Gasteiger partial charge in [0.15, 0.2) is 0 Å². The van der Waals surface area contributed by atoms with Gasteiger partial charge in [-0.05, 0) is 6.92 Å². The molecule has 0 aliphatic carbocycles. The predicted molar refractivity (Wildman–Crippen MR) is 31.6 cm³/mol. The van der Waals surface area contributed by atoms with Gasteiger partial charge in [0, 0.05) is 13.7 Å². The second kappa shape index (κ2) is 3.02. The zero-order chi connectivity index (χ0) is 6.62. The summed E-state index contributed by atoms with van der Waals surface area (Å²) in [4.78, 5) is 0. The van der Waals surface area contributed by atoms with Gasteiger partial charge in [-0.3, -0.25) is 0 Å². The normalized spacial score (nSPS) is 18.0. The van der Waals surface area contributed by atoms with Crippen LogP contribution in [0.15, 0.2) is 0 Å². The molecule has 3 N–H and O–H groups in total. The van der Waals surface area contributed by atoms with Crippen LogP contribution < -0.4 is 5.73 Å². The van der Waals surface area contributed by atoms with Gasteiger partial charge in [0.05, 0.1) is 12.2 Å². The lowest BCUT2D eigenvalue weighted by molar-refractivity contribution is -0.00942. The molecule has 0 rings (SSSR count). The van der Waals surface area contributed by atoms with Gasteiger partial charge in [0.1, 0.15) is 0 Å². The van der Waals surface area contributed by atoms with Gasteiger partial charge in [0.25, 0.3) is 0 Å². The molecule has 0 aromatic rings. The number of nitrogens with two attached hydrogens (primary N) is 1. The highest BCUT2D eigenvalue weighted by Gasteiger charge is 2.16. The van der Waals surface area contributed by atoms with Crippen LogP contribution in [0.5, 0.6) is 0 Å². The molecule has 0 aromatic carbocycles. The molecule has 0 saturated carbocycles. The first kappa shape index (κ1) is 7.88. The highest BCUT2D eigenvalue weighted by molar-refractivity contribution is 4.71. The van der Waals surface area contributed by atoms with Gasteiger partial charge in [-0.1, -0.05) is 0 Å². The van der Waals surface area contributed by atoms with E-state index in [9.17, 15) is 0 Å². The van der Waals surface area contributed by atoms with E-state index < -0.39 is 5.60 Å². The maximum Gasteiger partial charge on any atom is 0.0973 e. The SMILES string of the molecule is COC[C@@](C)(O)CN. The van der Waals surface area contributed by atoms with Crippen LogP contribution in [-0.4, -0.2) is 31.0 Å². The van der Waals surface area contributed by atoms with Gasteiger partial charge in [-0.25, -0.2) is 0 Å². The third-order valence-electron chi connectivity index (χ3n) is 0.895. The molecule has 50 valence electrons. The van der Waals surface area contributed by atoms with Gasteiger partial charge in [-0.2, -0.15) is 0 Å². The van der Waals surface area contributed by atoms with Gasteiger partial charge in [0.2, 0.25) is 0 Å². The molecule has 0 fully saturated rings. The molecular weight excluding hydrogens is 106 g/mol. The number of rotatable bonds is 3. The smallest absolute Gasteiger partial charge is 0.0973 e. The van der Waals surface area contributed by atoms with Crippen molar-refractivity contribution >= 4 is 0 Å². The Bertz CT molecular complexity index is 63.4. The number of aliphatic hydroxyl groups is 1. The van der Waals surface area contributed by atoms with Crippen LogP contribution in [0, 0.1) is 0 Å². The quantitative estimate of drug-likeness (QED) is 0.518. The fourth-order valence-electron chi connectivity index (χ4n) is 0.370. The number of hydrogen-bond acceptors (Lipinski definition) is 3. The fraction of sp³-hybridized carbons (Fsp3) is 1.00. The predicted octanol–water partition coefficient (Wildman–Crippen LogP) is -0.657. The molecule has 0 heterocycles. The van der Waals surface area contributed by atoms with Gasteiger partial charge >= 0.3 is 0 Å². The first-order chi connectivity index (χ1) is 3.62. The van der Waals surface area contributed by atoms with Crippen LogP contribution in [0.25, 0.3) is 0 Å². The summed E-state index contributed by atoms with van der Waals surface area (Å²) in [6, 6.07) is 0. The lowest BCUT2D eigenvalue weighted by Crippen LogP contribution is -2.38. The van der Waals surface area contributed by atoms with E-state index in [1.807, 2.05) is 0 Å². The average molecular weight is 119 g/mol. The van der Waals surface area contributed by atoms with Crippen LogP contribution in [-0.2, 0) is 4.74 Å². The third kappa shape index (κ3) is 2.96. The van der Waals surface area contributed by atoms with Crippen LogP contribution in [0.2, 0.25) is 0 Å². The second-order valence-electron chi connectivity index (χ2n) is 2.13.